The molecule has 1 amide bonds. The topological polar surface area (TPSA) is 98.5 Å². The lowest BCUT2D eigenvalue weighted by Crippen LogP contribution is -2.56. The molecule has 0 saturated heterocycles. The maximum absolute atomic E-state index is 12.7. The Morgan fingerprint density at radius 3 is 2.36 bits per heavy atom. The third-order valence-electron chi connectivity index (χ3n) is 3.48. The van der Waals surface area contributed by atoms with Crippen molar-refractivity contribution in [1.82, 2.24) is 4.72 Å². The monoisotopic (exact) mass is 412 g/mol. The van der Waals surface area contributed by atoms with Crippen LogP contribution < -0.4 is 15.2 Å². The quantitative estimate of drug-likeness (QED) is 0.717. The minimum absolute atomic E-state index is 0.0995. The summed E-state index contributed by atoms with van der Waals surface area (Å²) in [4.78, 5) is 11.5. The average Bonchev–Trinajstić information content (AvgIpc) is 2.43. The van der Waals surface area contributed by atoms with Crippen molar-refractivity contribution in [3.8, 4) is 5.75 Å². The van der Waals surface area contributed by atoms with Gasteiger partial charge in [0, 0.05) is 5.02 Å². The van der Waals surface area contributed by atoms with Crippen LogP contribution in [0.25, 0.3) is 0 Å². The van der Waals surface area contributed by atoms with E-state index < -0.39 is 21.5 Å². The second-order valence-corrected chi connectivity index (χ2v) is 7.62. The molecule has 0 radical (unpaired) electrons. The van der Waals surface area contributed by atoms with E-state index in [1.165, 1.54) is 19.2 Å². The predicted molar refractivity (Wildman–Crippen MR) is 88.5 cm³/mol. The summed E-state index contributed by atoms with van der Waals surface area (Å²) >= 11 is 9.12. The molecule has 124 valence electrons. The molecule has 0 aliphatic rings. The zero-order valence-corrected chi connectivity index (χ0v) is 15.6. The van der Waals surface area contributed by atoms with E-state index in [0.29, 0.717) is 4.47 Å². The number of amides is 1. The van der Waals surface area contributed by atoms with Crippen LogP contribution in [-0.4, -0.2) is 27.0 Å². The maximum atomic E-state index is 12.7. The number of nitrogens with one attached hydrogen (secondary N) is 1. The largest absolute Gasteiger partial charge is 0.494 e. The molecule has 0 fully saturated rings. The molecule has 0 aromatic heterocycles. The van der Waals surface area contributed by atoms with Crippen molar-refractivity contribution in [2.45, 2.75) is 37.1 Å². The number of carbonyl (C=O) groups excluding carboxylic acids is 1. The van der Waals surface area contributed by atoms with Crippen LogP contribution in [-0.2, 0) is 14.8 Å². The van der Waals surface area contributed by atoms with Gasteiger partial charge < -0.3 is 10.5 Å². The molecule has 0 aliphatic heterocycles. The number of ether oxygens (including phenoxy) is 1. The molecule has 0 unspecified atom stereocenters. The Kier molecular flexibility index (Phi) is 6.26. The number of nitrogens with two attached hydrogens (primary N) is 1. The molecular weight excluding hydrogens is 396 g/mol. The van der Waals surface area contributed by atoms with Gasteiger partial charge in [0.1, 0.15) is 10.4 Å². The van der Waals surface area contributed by atoms with E-state index in [0.717, 1.165) is 0 Å². The van der Waals surface area contributed by atoms with Crippen molar-refractivity contribution in [2.75, 3.05) is 7.11 Å². The SMILES string of the molecule is CCC(CC)(NS(=O)(=O)c1cc(Cl)cc(Br)c1OC)C(N)=O. The van der Waals surface area contributed by atoms with Crippen LogP contribution in [0.4, 0.5) is 0 Å². The first-order valence-electron chi connectivity index (χ1n) is 6.50. The molecule has 1 aromatic rings. The van der Waals surface area contributed by atoms with Gasteiger partial charge in [-0.2, -0.15) is 4.72 Å². The molecule has 1 rings (SSSR count). The average molecular weight is 414 g/mol. The van der Waals surface area contributed by atoms with Gasteiger partial charge in [-0.1, -0.05) is 25.4 Å². The summed E-state index contributed by atoms with van der Waals surface area (Å²) < 4.78 is 33.2. The first-order valence-corrected chi connectivity index (χ1v) is 9.15. The standard InChI is InChI=1S/C13H18BrClN2O4S/c1-4-13(5-2,12(16)18)17-22(19,20)10-7-8(15)6-9(14)11(10)21-3/h6-7,17H,4-5H2,1-3H3,(H2,16,18). The first-order chi connectivity index (χ1) is 10.1. The molecule has 9 heteroatoms. The van der Waals surface area contributed by atoms with Crippen LogP contribution >= 0.6 is 27.5 Å². The lowest BCUT2D eigenvalue weighted by molar-refractivity contribution is -0.124. The first kappa shape index (κ1) is 19.2. The van der Waals surface area contributed by atoms with Crippen molar-refractivity contribution in [1.29, 1.82) is 0 Å². The maximum Gasteiger partial charge on any atom is 0.245 e. The molecule has 0 spiro atoms. The lowest BCUT2D eigenvalue weighted by atomic mass is 9.94. The Labute approximate surface area is 143 Å². The van der Waals surface area contributed by atoms with Crippen molar-refractivity contribution in [2.24, 2.45) is 5.73 Å². The number of hydrogen-bond donors (Lipinski definition) is 2. The number of sulfonamides is 1. The number of halogens is 2. The summed E-state index contributed by atoms with van der Waals surface area (Å²) in [5.74, 6) is -0.636. The Hall–Kier alpha value is -0.830. The van der Waals surface area contributed by atoms with E-state index in [9.17, 15) is 13.2 Å². The fourth-order valence-electron chi connectivity index (χ4n) is 2.04. The molecule has 0 atom stereocenters. The Morgan fingerprint density at radius 1 is 1.41 bits per heavy atom. The normalized spacial score (nSPS) is 12.2. The number of benzene rings is 1. The molecule has 0 saturated carbocycles. The number of rotatable bonds is 7. The van der Waals surface area contributed by atoms with E-state index in [4.69, 9.17) is 22.1 Å². The van der Waals surface area contributed by atoms with E-state index in [1.807, 2.05) is 0 Å². The summed E-state index contributed by atoms with van der Waals surface area (Å²) in [6.45, 7) is 3.36. The van der Waals surface area contributed by atoms with Gasteiger partial charge in [-0.3, -0.25) is 4.79 Å². The van der Waals surface area contributed by atoms with Gasteiger partial charge in [-0.25, -0.2) is 8.42 Å². The highest BCUT2D eigenvalue weighted by Crippen LogP contribution is 2.36. The van der Waals surface area contributed by atoms with Crippen LogP contribution in [0, 0.1) is 0 Å². The van der Waals surface area contributed by atoms with Gasteiger partial charge >= 0.3 is 0 Å². The highest BCUT2D eigenvalue weighted by atomic mass is 79.9. The van der Waals surface area contributed by atoms with E-state index in [-0.39, 0.29) is 28.5 Å². The molecule has 0 aliphatic carbocycles. The summed E-state index contributed by atoms with van der Waals surface area (Å²) in [6, 6.07) is 2.77. The molecule has 3 N–H and O–H groups in total. The number of carbonyl (C=O) groups is 1. The summed E-state index contributed by atoms with van der Waals surface area (Å²) in [7, 11) is -2.72. The molecule has 1 aromatic carbocycles. The van der Waals surface area contributed by atoms with E-state index in [2.05, 4.69) is 20.7 Å². The highest BCUT2D eigenvalue weighted by molar-refractivity contribution is 9.10. The third-order valence-corrected chi connectivity index (χ3v) is 5.83. The third kappa shape index (κ3) is 3.73. The van der Waals surface area contributed by atoms with Crippen molar-refractivity contribution in [3.63, 3.8) is 0 Å². The van der Waals surface area contributed by atoms with Crippen LogP contribution in [0.15, 0.2) is 21.5 Å². The van der Waals surface area contributed by atoms with Crippen LogP contribution in [0.3, 0.4) is 0 Å². The number of primary amides is 1. The van der Waals surface area contributed by atoms with Crippen LogP contribution in [0.5, 0.6) is 5.75 Å². The zero-order chi connectivity index (χ0) is 17.1. The number of hydrogen-bond acceptors (Lipinski definition) is 4. The van der Waals surface area contributed by atoms with Crippen LogP contribution in [0.1, 0.15) is 26.7 Å². The second kappa shape index (κ2) is 7.16. The van der Waals surface area contributed by atoms with Gasteiger partial charge in [0.05, 0.1) is 11.6 Å². The highest BCUT2D eigenvalue weighted by Gasteiger charge is 2.38. The van der Waals surface area contributed by atoms with Gasteiger partial charge in [0.15, 0.2) is 5.75 Å². The smallest absolute Gasteiger partial charge is 0.245 e. The second-order valence-electron chi connectivity index (χ2n) is 4.68. The van der Waals surface area contributed by atoms with E-state index >= 15 is 0 Å². The Bertz CT molecular complexity index is 675. The summed E-state index contributed by atoms with van der Waals surface area (Å²) in [6.07, 6.45) is 0.449. The molecule has 0 heterocycles. The van der Waals surface area contributed by atoms with Gasteiger partial charge in [-0.15, -0.1) is 0 Å². The minimum atomic E-state index is -4.07. The van der Waals surface area contributed by atoms with Gasteiger partial charge in [0.25, 0.3) is 0 Å². The Morgan fingerprint density at radius 2 is 1.95 bits per heavy atom. The van der Waals surface area contributed by atoms with Crippen molar-refractivity contribution >= 4 is 43.5 Å². The van der Waals surface area contributed by atoms with Crippen LogP contribution in [0.2, 0.25) is 5.02 Å². The van der Waals surface area contributed by atoms with Gasteiger partial charge in [-0.05, 0) is 40.9 Å². The molecule has 0 bridgehead atoms. The van der Waals surface area contributed by atoms with Crippen molar-refractivity contribution in [3.05, 3.63) is 21.6 Å². The Balaban J connectivity index is 3.46. The fraction of sp³-hybridized carbons (Fsp3) is 0.462. The summed E-state index contributed by atoms with van der Waals surface area (Å²) in [5.41, 5.74) is 4.01. The molecular formula is C13H18BrClN2O4S. The van der Waals surface area contributed by atoms with E-state index in [1.54, 1.807) is 13.8 Å². The zero-order valence-electron chi connectivity index (χ0n) is 12.4. The lowest BCUT2D eigenvalue weighted by Gasteiger charge is -2.29. The molecule has 22 heavy (non-hydrogen) atoms. The fourth-order valence-corrected chi connectivity index (χ4v) is 4.94. The van der Waals surface area contributed by atoms with Crippen molar-refractivity contribution < 1.29 is 17.9 Å². The number of methoxy groups -OCH3 is 1. The minimum Gasteiger partial charge on any atom is -0.494 e. The molecule has 6 nitrogen and oxygen atoms in total. The van der Waals surface area contributed by atoms with Gasteiger partial charge in [0.2, 0.25) is 15.9 Å². The summed E-state index contributed by atoms with van der Waals surface area (Å²) in [5, 5.41) is 0.214. The predicted octanol–water partition coefficient (Wildman–Crippen LogP) is 2.43.